The molecule has 4 fully saturated rings. The van der Waals surface area contributed by atoms with E-state index in [1.165, 1.54) is 0 Å². The van der Waals surface area contributed by atoms with Gasteiger partial charge in [0.05, 0.1) is 44.0 Å². The fourth-order valence-electron chi connectivity index (χ4n) is 7.87. The van der Waals surface area contributed by atoms with Crippen LogP contribution in [0, 0.1) is 17.8 Å². The van der Waals surface area contributed by atoms with Crippen LogP contribution in [0.5, 0.6) is 0 Å². The molecule has 43 heavy (non-hydrogen) atoms. The molecule has 0 radical (unpaired) electrons. The monoisotopic (exact) mass is 603 g/mol. The molecule has 0 aromatic heterocycles. The van der Waals surface area contributed by atoms with Gasteiger partial charge in [0.25, 0.3) is 0 Å². The van der Waals surface area contributed by atoms with E-state index in [9.17, 15) is 19.5 Å². The highest BCUT2D eigenvalue weighted by atomic mass is 16.6. The molecule has 0 aromatic carbocycles. The molecule has 2 amide bonds. The Hall–Kier alpha value is -2.27. The number of fused-ring (bicyclic) bond motifs is 1. The maximum atomic E-state index is 14.7. The number of hydrogen-bond donors (Lipinski definition) is 1. The number of morpholine rings is 1. The first-order valence-corrected chi connectivity index (χ1v) is 16.3. The molecule has 0 saturated carbocycles. The Morgan fingerprint density at radius 1 is 1.19 bits per heavy atom. The summed E-state index contributed by atoms with van der Waals surface area (Å²) in [7, 11) is 0. The molecule has 4 saturated heterocycles. The molecule has 0 aromatic rings. The molecular formula is C33H53N3O7. The van der Waals surface area contributed by atoms with Gasteiger partial charge in [0.1, 0.15) is 17.6 Å². The third-order valence-corrected chi connectivity index (χ3v) is 9.95. The lowest BCUT2D eigenvalue weighted by Gasteiger charge is -2.40. The van der Waals surface area contributed by atoms with Crippen molar-refractivity contribution in [3.05, 3.63) is 25.3 Å². The molecule has 2 unspecified atom stereocenters. The first-order chi connectivity index (χ1) is 20.7. The summed E-state index contributed by atoms with van der Waals surface area (Å²) in [5.74, 6) is -2.36. The van der Waals surface area contributed by atoms with E-state index in [2.05, 4.69) is 18.1 Å². The van der Waals surface area contributed by atoms with Gasteiger partial charge in [-0.15, -0.1) is 13.2 Å². The molecule has 10 nitrogen and oxygen atoms in total. The van der Waals surface area contributed by atoms with Gasteiger partial charge in [0, 0.05) is 32.7 Å². The molecule has 4 heterocycles. The van der Waals surface area contributed by atoms with Gasteiger partial charge in [-0.3, -0.25) is 19.3 Å². The molecule has 4 aliphatic heterocycles. The molecule has 242 valence electrons. The lowest BCUT2D eigenvalue weighted by molar-refractivity contribution is -0.164. The number of hydrogen-bond acceptors (Lipinski definition) is 8. The second-order valence-electron chi connectivity index (χ2n) is 13.0. The summed E-state index contributed by atoms with van der Waals surface area (Å²) in [5.41, 5.74) is -2.01. The minimum atomic E-state index is -1.15. The van der Waals surface area contributed by atoms with Crippen LogP contribution >= 0.6 is 0 Å². The third-order valence-electron chi connectivity index (χ3n) is 9.95. The zero-order chi connectivity index (χ0) is 31.2. The van der Waals surface area contributed by atoms with Gasteiger partial charge in [0.2, 0.25) is 11.8 Å². The Kier molecular flexibility index (Phi) is 11.5. The zero-order valence-electron chi connectivity index (χ0n) is 26.5. The van der Waals surface area contributed by atoms with Crippen LogP contribution in [0.25, 0.3) is 0 Å². The van der Waals surface area contributed by atoms with E-state index in [-0.39, 0.29) is 30.9 Å². The second-order valence-corrected chi connectivity index (χ2v) is 13.0. The Morgan fingerprint density at radius 3 is 2.56 bits per heavy atom. The summed E-state index contributed by atoms with van der Waals surface area (Å²) in [6, 6.07) is -1.51. The van der Waals surface area contributed by atoms with Crippen LogP contribution in [0.15, 0.2) is 25.3 Å². The normalized spacial score (nSPS) is 30.9. The van der Waals surface area contributed by atoms with Crippen molar-refractivity contribution < 1.29 is 33.7 Å². The van der Waals surface area contributed by atoms with Gasteiger partial charge in [-0.05, 0) is 50.9 Å². The van der Waals surface area contributed by atoms with Crippen molar-refractivity contribution >= 4 is 17.8 Å². The third kappa shape index (κ3) is 6.58. The van der Waals surface area contributed by atoms with Crippen LogP contribution < -0.4 is 0 Å². The summed E-state index contributed by atoms with van der Waals surface area (Å²) in [4.78, 5) is 48.6. The lowest BCUT2D eigenvalue weighted by Crippen LogP contribution is -2.59. The molecular weight excluding hydrogens is 550 g/mol. The number of ether oxygens (including phenoxy) is 3. The van der Waals surface area contributed by atoms with Crippen molar-refractivity contribution in [2.75, 3.05) is 59.2 Å². The summed E-state index contributed by atoms with van der Waals surface area (Å²) < 4.78 is 18.2. The Labute approximate surface area is 257 Å². The number of aliphatic hydroxyl groups is 1. The number of carbonyl (C=O) groups excluding carboxylic acids is 3. The number of unbranched alkanes of at least 4 members (excludes halogenated alkanes) is 2. The van der Waals surface area contributed by atoms with E-state index in [1.54, 1.807) is 15.9 Å². The minimum absolute atomic E-state index is 0.180. The Balaban J connectivity index is 1.68. The van der Waals surface area contributed by atoms with Crippen molar-refractivity contribution in [1.29, 1.82) is 0 Å². The van der Waals surface area contributed by atoms with Crippen LogP contribution in [0.2, 0.25) is 0 Å². The number of aliphatic hydroxyl groups excluding tert-OH is 1. The molecule has 2 bridgehead atoms. The summed E-state index contributed by atoms with van der Waals surface area (Å²) in [6.45, 7) is 18.1. The highest BCUT2D eigenvalue weighted by Crippen LogP contribution is 2.65. The Morgan fingerprint density at radius 2 is 1.93 bits per heavy atom. The van der Waals surface area contributed by atoms with E-state index in [1.807, 2.05) is 26.8 Å². The lowest BCUT2D eigenvalue weighted by atomic mass is 9.65. The minimum Gasteiger partial charge on any atom is -0.465 e. The second kappa shape index (κ2) is 14.7. The van der Waals surface area contributed by atoms with Gasteiger partial charge in [-0.1, -0.05) is 32.9 Å². The van der Waals surface area contributed by atoms with Crippen LogP contribution in [-0.2, 0) is 28.6 Å². The molecule has 0 aliphatic carbocycles. The standard InChI is InChI=1S/C33H53N3O7/c1-6-9-10-11-19-42-31(40)27-26-29(38)36(25(23-37)22-24(4)5)28(33(26)13-12-32(27,8-3)43-33)30(39)35(14-7-2)16-15-34-17-20-41-21-18-34/h6-7,24-28,37H,1-2,8-23H2,3-5H3/t25-,26+,27+,28?,32-,33?/m1/s1. The molecule has 1 spiro atoms. The van der Waals surface area contributed by atoms with E-state index in [0.29, 0.717) is 65.0 Å². The van der Waals surface area contributed by atoms with Gasteiger partial charge >= 0.3 is 5.97 Å². The number of amides is 2. The fourth-order valence-corrected chi connectivity index (χ4v) is 7.87. The maximum Gasteiger partial charge on any atom is 0.312 e. The fraction of sp³-hybridized carbons (Fsp3) is 0.788. The highest BCUT2D eigenvalue weighted by Gasteiger charge is 2.79. The number of carbonyl (C=O) groups is 3. The zero-order valence-corrected chi connectivity index (χ0v) is 26.5. The SMILES string of the molecule is C=CCCCCOC(=O)[C@@H]1[C@H]2C(=O)N([C@@H](CO)CC(C)C)C(C(=O)N(CC=C)CCN3CCOCC3)C23CC[C@@]1(CC)O3. The van der Waals surface area contributed by atoms with Crippen LogP contribution in [-0.4, -0.2) is 120 Å². The van der Waals surface area contributed by atoms with E-state index in [4.69, 9.17) is 14.2 Å². The van der Waals surface area contributed by atoms with Gasteiger partial charge in [-0.25, -0.2) is 0 Å². The van der Waals surface area contributed by atoms with Crippen LogP contribution in [0.4, 0.5) is 0 Å². The largest absolute Gasteiger partial charge is 0.465 e. The molecule has 6 atom stereocenters. The topological polar surface area (TPSA) is 109 Å². The Bertz CT molecular complexity index is 1010. The first kappa shape index (κ1) is 33.6. The van der Waals surface area contributed by atoms with Crippen LogP contribution in [0.3, 0.4) is 0 Å². The quantitative estimate of drug-likeness (QED) is 0.154. The predicted octanol–water partition coefficient (Wildman–Crippen LogP) is 2.79. The molecule has 10 heteroatoms. The average molecular weight is 604 g/mol. The van der Waals surface area contributed by atoms with E-state index in [0.717, 1.165) is 25.9 Å². The van der Waals surface area contributed by atoms with Crippen LogP contribution in [0.1, 0.15) is 65.7 Å². The van der Waals surface area contributed by atoms with Gasteiger partial charge < -0.3 is 29.1 Å². The maximum absolute atomic E-state index is 14.7. The number of rotatable bonds is 17. The summed E-state index contributed by atoms with van der Waals surface area (Å²) in [5, 5.41) is 10.6. The highest BCUT2D eigenvalue weighted by molar-refractivity contribution is 5.98. The van der Waals surface area contributed by atoms with Gasteiger partial charge in [-0.2, -0.15) is 0 Å². The molecule has 4 rings (SSSR count). The van der Waals surface area contributed by atoms with Crippen molar-refractivity contribution in [2.45, 2.75) is 89.0 Å². The smallest absolute Gasteiger partial charge is 0.312 e. The van der Waals surface area contributed by atoms with Crippen molar-refractivity contribution in [3.8, 4) is 0 Å². The van der Waals surface area contributed by atoms with Crippen molar-refractivity contribution in [2.24, 2.45) is 17.8 Å². The predicted molar refractivity (Wildman–Crippen MR) is 163 cm³/mol. The molecule has 4 aliphatic rings. The average Bonchev–Trinajstić information content (AvgIpc) is 3.61. The summed E-state index contributed by atoms with van der Waals surface area (Å²) in [6.07, 6.45) is 8.11. The number of allylic oxidation sites excluding steroid dienone is 1. The van der Waals surface area contributed by atoms with E-state index >= 15 is 0 Å². The van der Waals surface area contributed by atoms with Crippen molar-refractivity contribution in [1.82, 2.24) is 14.7 Å². The molecule has 1 N–H and O–H groups in total. The number of nitrogens with zero attached hydrogens (tertiary/aromatic N) is 3. The van der Waals surface area contributed by atoms with Crippen molar-refractivity contribution in [3.63, 3.8) is 0 Å². The van der Waals surface area contributed by atoms with E-state index < -0.39 is 41.1 Å². The summed E-state index contributed by atoms with van der Waals surface area (Å²) >= 11 is 0. The number of likely N-dealkylation sites (tertiary alicyclic amines) is 1. The first-order valence-electron chi connectivity index (χ1n) is 16.3. The van der Waals surface area contributed by atoms with Gasteiger partial charge in [0.15, 0.2) is 0 Å². The number of esters is 1.